The summed E-state index contributed by atoms with van der Waals surface area (Å²) in [5.74, 6) is -0.959. The number of rotatable bonds is 6. The van der Waals surface area contributed by atoms with Crippen LogP contribution in [0.2, 0.25) is 0 Å². The summed E-state index contributed by atoms with van der Waals surface area (Å²) in [4.78, 5) is 12.6. The molecule has 2 aliphatic carbocycles. The summed E-state index contributed by atoms with van der Waals surface area (Å²) in [7, 11) is 0. The molecule has 2 fully saturated rings. The largest absolute Gasteiger partial charge is 0.462 e. The maximum absolute atomic E-state index is 13.5. The first kappa shape index (κ1) is 21.5. The van der Waals surface area contributed by atoms with E-state index in [1.165, 1.54) is 18.2 Å². The first-order valence-corrected chi connectivity index (χ1v) is 10.8. The third-order valence-electron chi connectivity index (χ3n) is 6.49. The Morgan fingerprint density at radius 2 is 1.79 bits per heavy atom. The number of ether oxygens (including phenoxy) is 1. The number of halogens is 2. The predicted octanol–water partition coefficient (Wildman–Crippen LogP) is 6.20. The van der Waals surface area contributed by atoms with Crippen LogP contribution in [0.4, 0.5) is 8.78 Å². The Morgan fingerprint density at radius 1 is 1.07 bits per heavy atom. The summed E-state index contributed by atoms with van der Waals surface area (Å²) >= 11 is 0. The highest BCUT2D eigenvalue weighted by Gasteiger charge is 2.31. The van der Waals surface area contributed by atoms with E-state index in [0.717, 1.165) is 69.8 Å². The Kier molecular flexibility index (Phi) is 7.80. The number of hydrogen-bond acceptors (Lipinski definition) is 3. The lowest BCUT2D eigenvalue weighted by atomic mass is 9.78. The zero-order chi connectivity index (χ0) is 20.6. The van der Waals surface area contributed by atoms with Gasteiger partial charge in [-0.25, -0.2) is 8.78 Å². The molecule has 0 aliphatic heterocycles. The van der Waals surface area contributed by atoms with Gasteiger partial charge in [0.05, 0.1) is 12.0 Å². The van der Waals surface area contributed by atoms with Crippen molar-refractivity contribution in [3.63, 3.8) is 0 Å². The van der Waals surface area contributed by atoms with Crippen molar-refractivity contribution in [3.05, 3.63) is 47.5 Å². The predicted molar refractivity (Wildman–Crippen MR) is 107 cm³/mol. The molecule has 0 heterocycles. The molecule has 0 radical (unpaired) electrons. The van der Waals surface area contributed by atoms with Gasteiger partial charge in [0.1, 0.15) is 6.10 Å². The molecule has 3 nitrogen and oxygen atoms in total. The van der Waals surface area contributed by atoms with Gasteiger partial charge in [-0.2, -0.15) is 5.26 Å². The number of carbonyl (C=O) groups is 1. The second-order valence-corrected chi connectivity index (χ2v) is 8.41. The molecular weight excluding hydrogens is 372 g/mol. The molecule has 1 aromatic rings. The number of allylic oxidation sites excluding steroid dienone is 2. The molecule has 0 bridgehead atoms. The van der Waals surface area contributed by atoms with Gasteiger partial charge in [0.2, 0.25) is 0 Å². The Bertz CT molecular complexity index is 755. The van der Waals surface area contributed by atoms with Crippen molar-refractivity contribution in [2.75, 3.05) is 0 Å². The molecule has 2 saturated carbocycles. The minimum Gasteiger partial charge on any atom is -0.462 e. The number of nitriles is 1. The highest BCUT2D eigenvalue weighted by molar-refractivity contribution is 5.72. The van der Waals surface area contributed by atoms with Gasteiger partial charge in [-0.1, -0.05) is 12.1 Å². The van der Waals surface area contributed by atoms with E-state index in [1.807, 2.05) is 12.1 Å². The third kappa shape index (κ3) is 6.13. The molecule has 3 rings (SSSR count). The first-order chi connectivity index (χ1) is 14.1. The third-order valence-corrected chi connectivity index (χ3v) is 6.49. The lowest BCUT2D eigenvalue weighted by Gasteiger charge is -2.31. The number of carbonyl (C=O) groups excluding carboxylic acids is 1. The van der Waals surface area contributed by atoms with Crippen LogP contribution >= 0.6 is 0 Å². The summed E-state index contributed by atoms with van der Waals surface area (Å²) in [5.41, 5.74) is 0.818. The van der Waals surface area contributed by atoms with Gasteiger partial charge in [-0.05, 0) is 93.7 Å². The Hall–Kier alpha value is -2.22. The van der Waals surface area contributed by atoms with E-state index in [-0.39, 0.29) is 23.9 Å². The van der Waals surface area contributed by atoms with E-state index in [0.29, 0.717) is 5.92 Å². The number of esters is 1. The van der Waals surface area contributed by atoms with Gasteiger partial charge < -0.3 is 4.74 Å². The van der Waals surface area contributed by atoms with Crippen molar-refractivity contribution >= 4 is 5.97 Å². The van der Waals surface area contributed by atoms with Crippen LogP contribution in [0.3, 0.4) is 0 Å². The first-order valence-electron chi connectivity index (χ1n) is 10.8. The number of benzene rings is 1. The number of hydrogen-bond donors (Lipinski definition) is 0. The molecule has 29 heavy (non-hydrogen) atoms. The van der Waals surface area contributed by atoms with Crippen molar-refractivity contribution in [1.82, 2.24) is 0 Å². The van der Waals surface area contributed by atoms with Gasteiger partial charge in [0, 0.05) is 6.08 Å². The summed E-state index contributed by atoms with van der Waals surface area (Å²) in [5, 5.41) is 8.51. The highest BCUT2D eigenvalue weighted by Crippen LogP contribution is 2.37. The van der Waals surface area contributed by atoms with Crippen molar-refractivity contribution in [2.24, 2.45) is 11.8 Å². The van der Waals surface area contributed by atoms with Crippen molar-refractivity contribution in [1.29, 1.82) is 5.26 Å². The molecular formula is C24H29F2NO2. The van der Waals surface area contributed by atoms with Gasteiger partial charge in [-0.3, -0.25) is 4.79 Å². The summed E-state index contributed by atoms with van der Waals surface area (Å²) in [6.45, 7) is 0. The lowest BCUT2D eigenvalue weighted by Crippen LogP contribution is -2.29. The van der Waals surface area contributed by atoms with Crippen LogP contribution in [0, 0.1) is 34.8 Å². The second-order valence-electron chi connectivity index (χ2n) is 8.41. The molecule has 1 aromatic carbocycles. The van der Waals surface area contributed by atoms with Crippen molar-refractivity contribution in [2.45, 2.75) is 76.2 Å². The molecule has 2 aliphatic rings. The Labute approximate surface area is 171 Å². The van der Waals surface area contributed by atoms with E-state index < -0.39 is 11.6 Å². The highest BCUT2D eigenvalue weighted by atomic mass is 19.2. The maximum Gasteiger partial charge on any atom is 0.309 e. The van der Waals surface area contributed by atoms with E-state index in [9.17, 15) is 13.6 Å². The molecule has 0 atom stereocenters. The van der Waals surface area contributed by atoms with Gasteiger partial charge >= 0.3 is 5.97 Å². The van der Waals surface area contributed by atoms with E-state index in [2.05, 4.69) is 0 Å². The van der Waals surface area contributed by atoms with Gasteiger partial charge in [0.25, 0.3) is 0 Å². The van der Waals surface area contributed by atoms with E-state index in [4.69, 9.17) is 10.00 Å². The van der Waals surface area contributed by atoms with E-state index in [1.54, 1.807) is 6.07 Å². The Balaban J connectivity index is 1.38. The summed E-state index contributed by atoms with van der Waals surface area (Å²) in [6, 6.07) is 6.13. The van der Waals surface area contributed by atoms with Crippen LogP contribution in [0.5, 0.6) is 0 Å². The fraction of sp³-hybridized carbons (Fsp3) is 0.583. The molecule has 0 saturated heterocycles. The number of nitrogens with zero attached hydrogens (tertiary/aromatic N) is 1. The topological polar surface area (TPSA) is 50.1 Å². The minimum absolute atomic E-state index is 0.0253. The maximum atomic E-state index is 13.5. The fourth-order valence-electron chi connectivity index (χ4n) is 4.70. The van der Waals surface area contributed by atoms with E-state index >= 15 is 0 Å². The molecule has 0 aromatic heterocycles. The molecule has 0 unspecified atom stereocenters. The monoisotopic (exact) mass is 401 g/mol. The van der Waals surface area contributed by atoms with Gasteiger partial charge in [-0.15, -0.1) is 0 Å². The molecule has 0 spiro atoms. The standard InChI is InChI=1S/C24H29F2NO2/c25-22-14-11-20(16-23(22)26)18-7-9-19(10-8-18)24(28)29-21-12-5-17(6-13-21)4-2-1-3-15-27/h1,3,11,14,16-19,21H,2,4-10,12-13H2/t17-,18-,19-,21-. The van der Waals surface area contributed by atoms with Crippen LogP contribution in [0.25, 0.3) is 0 Å². The minimum atomic E-state index is -0.820. The Morgan fingerprint density at radius 3 is 2.45 bits per heavy atom. The normalized spacial score (nSPS) is 27.5. The van der Waals surface area contributed by atoms with Crippen LogP contribution in [0.1, 0.15) is 75.7 Å². The quantitative estimate of drug-likeness (QED) is 0.421. The zero-order valence-electron chi connectivity index (χ0n) is 16.8. The average Bonchev–Trinajstić information content (AvgIpc) is 2.74. The van der Waals surface area contributed by atoms with Gasteiger partial charge in [0.15, 0.2) is 11.6 Å². The lowest BCUT2D eigenvalue weighted by molar-refractivity contribution is -0.157. The SMILES string of the molecule is N#CC=CCC[C@H]1CC[C@H](OC(=O)[C@H]2CC[C@H](c3ccc(F)c(F)c3)CC2)CC1. The van der Waals surface area contributed by atoms with Crippen molar-refractivity contribution in [3.8, 4) is 6.07 Å². The second kappa shape index (κ2) is 10.5. The average molecular weight is 401 g/mol. The summed E-state index contributed by atoms with van der Waals surface area (Å²) < 4.78 is 32.4. The zero-order valence-corrected chi connectivity index (χ0v) is 16.8. The fourth-order valence-corrected chi connectivity index (χ4v) is 4.70. The smallest absolute Gasteiger partial charge is 0.309 e. The van der Waals surface area contributed by atoms with Crippen LogP contribution in [0.15, 0.2) is 30.4 Å². The summed E-state index contributed by atoms with van der Waals surface area (Å²) in [6.07, 6.45) is 12.6. The molecule has 0 N–H and O–H groups in total. The van der Waals surface area contributed by atoms with Crippen molar-refractivity contribution < 1.29 is 18.3 Å². The molecule has 0 amide bonds. The van der Waals surface area contributed by atoms with Crippen LogP contribution in [-0.2, 0) is 9.53 Å². The molecule has 5 heteroatoms. The molecule has 156 valence electrons. The van der Waals surface area contributed by atoms with Crippen LogP contribution < -0.4 is 0 Å². The van der Waals surface area contributed by atoms with Crippen LogP contribution in [-0.4, -0.2) is 12.1 Å².